The van der Waals surface area contributed by atoms with Crippen molar-refractivity contribution in [3.8, 4) is 5.75 Å². The number of aromatic nitrogens is 1. The third kappa shape index (κ3) is 2.41. The van der Waals surface area contributed by atoms with Crippen LogP contribution in [0.25, 0.3) is 11.1 Å². The van der Waals surface area contributed by atoms with Crippen LogP contribution in [-0.4, -0.2) is 26.1 Å². The molecule has 2 heterocycles. The number of ether oxygens (including phenoxy) is 1. The van der Waals surface area contributed by atoms with E-state index in [0.29, 0.717) is 23.5 Å². The first kappa shape index (κ1) is 15.8. The fourth-order valence-corrected chi connectivity index (χ4v) is 4.50. The van der Waals surface area contributed by atoms with E-state index in [9.17, 15) is 13.2 Å². The lowest BCUT2D eigenvalue weighted by molar-refractivity contribution is 0.316. The van der Waals surface area contributed by atoms with Gasteiger partial charge in [0.25, 0.3) is 10.0 Å². The molecule has 0 saturated carbocycles. The Labute approximate surface area is 144 Å². The van der Waals surface area contributed by atoms with Crippen LogP contribution in [0, 0.1) is 0 Å². The maximum absolute atomic E-state index is 13.1. The summed E-state index contributed by atoms with van der Waals surface area (Å²) in [5.74, 6) is 0.0332. The number of fused-ring (bicyclic) bond motifs is 2. The first-order chi connectivity index (χ1) is 12.0. The molecule has 0 radical (unpaired) electrons. The molecular weight excluding hydrogens is 344 g/mol. The summed E-state index contributed by atoms with van der Waals surface area (Å²) in [5, 5.41) is 0. The molecule has 0 spiro atoms. The maximum Gasteiger partial charge on any atom is 0.419 e. The summed E-state index contributed by atoms with van der Waals surface area (Å²) in [6.45, 7) is 2.78. The molecule has 130 valence electrons. The van der Waals surface area contributed by atoms with Crippen molar-refractivity contribution in [3.05, 3.63) is 53.0 Å². The monoisotopic (exact) mass is 360 g/mol. The van der Waals surface area contributed by atoms with Gasteiger partial charge in [-0.3, -0.25) is 8.87 Å². The average Bonchev–Trinajstić information content (AvgIpc) is 2.95. The summed E-state index contributed by atoms with van der Waals surface area (Å²) in [7, 11) is -3.80. The van der Waals surface area contributed by atoms with Gasteiger partial charge in [-0.05, 0) is 31.2 Å². The lowest BCUT2D eigenvalue weighted by Gasteiger charge is -2.30. The van der Waals surface area contributed by atoms with Gasteiger partial charge in [0, 0.05) is 12.6 Å². The lowest BCUT2D eigenvalue weighted by atomic mass is 10.2. The second kappa shape index (κ2) is 5.66. The summed E-state index contributed by atoms with van der Waals surface area (Å²) in [5.41, 5.74) is 1.34. The van der Waals surface area contributed by atoms with Crippen LogP contribution >= 0.6 is 0 Å². The summed E-state index contributed by atoms with van der Waals surface area (Å²) in [6.07, 6.45) is 0. The number of benzene rings is 2. The Balaban J connectivity index is 1.84. The van der Waals surface area contributed by atoms with Crippen molar-refractivity contribution in [2.24, 2.45) is 0 Å². The molecule has 1 aliphatic heterocycles. The Morgan fingerprint density at radius 2 is 1.96 bits per heavy atom. The normalized spacial score (nSPS) is 14.4. The van der Waals surface area contributed by atoms with Crippen molar-refractivity contribution in [2.45, 2.75) is 18.4 Å². The van der Waals surface area contributed by atoms with E-state index in [1.165, 1.54) is 21.0 Å². The van der Waals surface area contributed by atoms with Gasteiger partial charge in [-0.25, -0.2) is 13.2 Å². The number of rotatable bonds is 3. The number of sulfonamides is 1. The third-order valence-electron chi connectivity index (χ3n) is 4.23. The van der Waals surface area contributed by atoms with E-state index in [4.69, 9.17) is 9.15 Å². The molecule has 0 N–H and O–H groups in total. The first-order valence-electron chi connectivity index (χ1n) is 7.90. The number of anilines is 1. The van der Waals surface area contributed by atoms with Gasteiger partial charge in [-0.15, -0.1) is 0 Å². The van der Waals surface area contributed by atoms with Crippen molar-refractivity contribution < 1.29 is 17.6 Å². The maximum atomic E-state index is 13.1. The van der Waals surface area contributed by atoms with Crippen LogP contribution < -0.4 is 14.8 Å². The molecule has 25 heavy (non-hydrogen) atoms. The zero-order valence-electron chi connectivity index (χ0n) is 13.5. The number of oxazole rings is 1. The lowest BCUT2D eigenvalue weighted by Crippen LogP contribution is -2.37. The predicted octanol–water partition coefficient (Wildman–Crippen LogP) is 2.20. The smallest absolute Gasteiger partial charge is 0.419 e. The van der Waals surface area contributed by atoms with Gasteiger partial charge in [-0.2, -0.15) is 0 Å². The second-order valence-electron chi connectivity index (χ2n) is 5.64. The highest BCUT2D eigenvalue weighted by Crippen LogP contribution is 2.35. The minimum atomic E-state index is -3.80. The van der Waals surface area contributed by atoms with Gasteiger partial charge in [0.1, 0.15) is 12.4 Å². The summed E-state index contributed by atoms with van der Waals surface area (Å²) >= 11 is 0. The van der Waals surface area contributed by atoms with E-state index >= 15 is 0 Å². The Kier molecular flexibility index (Phi) is 3.57. The zero-order valence-corrected chi connectivity index (χ0v) is 14.3. The molecule has 0 bridgehead atoms. The number of nitrogens with zero attached hydrogens (tertiary/aromatic N) is 2. The molecule has 0 fully saturated rings. The first-order valence-corrected chi connectivity index (χ1v) is 9.34. The van der Waals surface area contributed by atoms with Gasteiger partial charge in [0.2, 0.25) is 0 Å². The summed E-state index contributed by atoms with van der Waals surface area (Å²) in [6, 6.07) is 11.5. The third-order valence-corrected chi connectivity index (χ3v) is 6.04. The zero-order chi connectivity index (χ0) is 17.6. The standard InChI is InChI=1S/C17H16N2O5S/c1-2-18-13-8-7-12(11-16(13)24-17(18)20)25(21,22)19-9-10-23-15-6-4-3-5-14(15)19/h3-8,11H,2,9-10H2,1H3. The highest BCUT2D eigenvalue weighted by atomic mass is 32.2. The van der Waals surface area contributed by atoms with E-state index in [0.717, 1.165) is 0 Å². The molecule has 2 aromatic carbocycles. The number of para-hydroxylation sites is 2. The highest BCUT2D eigenvalue weighted by Gasteiger charge is 2.30. The highest BCUT2D eigenvalue weighted by molar-refractivity contribution is 7.92. The van der Waals surface area contributed by atoms with Crippen molar-refractivity contribution in [1.29, 1.82) is 0 Å². The largest absolute Gasteiger partial charge is 0.489 e. The number of hydrogen-bond donors (Lipinski definition) is 0. The van der Waals surface area contributed by atoms with Crippen molar-refractivity contribution in [2.75, 3.05) is 17.5 Å². The van der Waals surface area contributed by atoms with Gasteiger partial charge in [0.05, 0.1) is 22.6 Å². The fourth-order valence-electron chi connectivity index (χ4n) is 3.03. The molecule has 4 rings (SSSR count). The van der Waals surface area contributed by atoms with Crippen LogP contribution in [0.4, 0.5) is 5.69 Å². The van der Waals surface area contributed by atoms with E-state index in [1.54, 1.807) is 30.3 Å². The minimum Gasteiger partial charge on any atom is -0.489 e. The van der Waals surface area contributed by atoms with Crippen LogP contribution in [0.1, 0.15) is 6.92 Å². The molecule has 3 aromatic rings. The molecule has 0 saturated heterocycles. The van der Waals surface area contributed by atoms with Crippen LogP contribution in [0.2, 0.25) is 0 Å². The van der Waals surface area contributed by atoms with E-state index in [-0.39, 0.29) is 23.6 Å². The Morgan fingerprint density at radius 1 is 1.16 bits per heavy atom. The molecule has 0 atom stereocenters. The van der Waals surface area contributed by atoms with Crippen molar-refractivity contribution in [3.63, 3.8) is 0 Å². The Hall–Kier alpha value is -2.74. The molecule has 1 aliphatic rings. The van der Waals surface area contributed by atoms with Crippen molar-refractivity contribution in [1.82, 2.24) is 4.57 Å². The van der Waals surface area contributed by atoms with Gasteiger partial charge in [-0.1, -0.05) is 12.1 Å². The molecular formula is C17H16N2O5S. The van der Waals surface area contributed by atoms with Crippen LogP contribution in [-0.2, 0) is 16.6 Å². The molecule has 0 amide bonds. The fraction of sp³-hybridized carbons (Fsp3) is 0.235. The molecule has 8 heteroatoms. The predicted molar refractivity (Wildman–Crippen MR) is 92.6 cm³/mol. The van der Waals surface area contributed by atoms with E-state index in [1.807, 2.05) is 6.92 Å². The average molecular weight is 360 g/mol. The minimum absolute atomic E-state index is 0.0775. The molecule has 1 aromatic heterocycles. The molecule has 7 nitrogen and oxygen atoms in total. The quantitative estimate of drug-likeness (QED) is 0.715. The SMILES string of the molecule is CCn1c(=O)oc2cc(S(=O)(=O)N3CCOc4ccccc43)ccc21. The van der Waals surface area contributed by atoms with Crippen LogP contribution in [0.15, 0.2) is 56.6 Å². The Bertz CT molecular complexity index is 1110. The number of aryl methyl sites for hydroxylation is 1. The van der Waals surface area contributed by atoms with E-state index in [2.05, 4.69) is 0 Å². The Morgan fingerprint density at radius 3 is 2.76 bits per heavy atom. The van der Waals surface area contributed by atoms with Gasteiger partial charge in [0.15, 0.2) is 5.58 Å². The van der Waals surface area contributed by atoms with Crippen molar-refractivity contribution >= 4 is 26.8 Å². The van der Waals surface area contributed by atoms with Crippen LogP contribution in [0.3, 0.4) is 0 Å². The molecule has 0 unspecified atom stereocenters. The van der Waals surface area contributed by atoms with Crippen LogP contribution in [0.5, 0.6) is 5.75 Å². The summed E-state index contributed by atoms with van der Waals surface area (Å²) < 4.78 is 39.7. The van der Waals surface area contributed by atoms with E-state index < -0.39 is 15.8 Å². The van der Waals surface area contributed by atoms with Gasteiger partial charge < -0.3 is 9.15 Å². The van der Waals surface area contributed by atoms with Gasteiger partial charge >= 0.3 is 5.76 Å². The number of hydrogen-bond acceptors (Lipinski definition) is 5. The topological polar surface area (TPSA) is 81.8 Å². The second-order valence-corrected chi connectivity index (χ2v) is 7.50. The molecule has 0 aliphatic carbocycles. The summed E-state index contributed by atoms with van der Waals surface area (Å²) in [4.78, 5) is 11.9.